The summed E-state index contributed by atoms with van der Waals surface area (Å²) in [5, 5.41) is 11.8. The van der Waals surface area contributed by atoms with E-state index in [2.05, 4.69) is 5.32 Å². The monoisotopic (exact) mass is 257 g/mol. The Morgan fingerprint density at radius 3 is 2.44 bits per heavy atom. The molecule has 0 bridgehead atoms. The molecule has 0 aromatic rings. The first kappa shape index (κ1) is 14.8. The van der Waals surface area contributed by atoms with Gasteiger partial charge in [0.2, 0.25) is 0 Å². The molecule has 1 saturated carbocycles. The van der Waals surface area contributed by atoms with Crippen LogP contribution in [0.5, 0.6) is 0 Å². The molecule has 1 aliphatic rings. The summed E-state index contributed by atoms with van der Waals surface area (Å²) < 4.78 is 5.21. The van der Waals surface area contributed by atoms with Gasteiger partial charge in [-0.1, -0.05) is 13.3 Å². The number of hydrogen-bond acceptors (Lipinski definition) is 3. The fraction of sp³-hybridized carbons (Fsp3) is 0.846. The minimum absolute atomic E-state index is 0.0482. The zero-order valence-electron chi connectivity index (χ0n) is 11.6. The second-order valence-electron chi connectivity index (χ2n) is 6.15. The van der Waals surface area contributed by atoms with Crippen molar-refractivity contribution < 1.29 is 19.4 Å². The second-order valence-corrected chi connectivity index (χ2v) is 6.15. The molecule has 0 heterocycles. The van der Waals surface area contributed by atoms with Crippen LogP contribution < -0.4 is 5.32 Å². The first-order chi connectivity index (χ1) is 8.15. The van der Waals surface area contributed by atoms with Crippen LogP contribution >= 0.6 is 0 Å². The van der Waals surface area contributed by atoms with E-state index in [4.69, 9.17) is 9.84 Å². The molecule has 0 saturated heterocycles. The molecular formula is C13H23NO4. The third kappa shape index (κ3) is 3.89. The number of rotatable bonds is 3. The van der Waals surface area contributed by atoms with Gasteiger partial charge in [-0.2, -0.15) is 0 Å². The van der Waals surface area contributed by atoms with Crippen LogP contribution in [-0.2, 0) is 9.53 Å². The maximum Gasteiger partial charge on any atom is 0.408 e. The molecule has 2 N–H and O–H groups in total. The Kier molecular flexibility index (Phi) is 4.24. The average Bonchev–Trinajstić information content (AvgIpc) is 2.42. The summed E-state index contributed by atoms with van der Waals surface area (Å²) in [6.45, 7) is 7.34. The number of aliphatic carboxylic acids is 1. The predicted molar refractivity (Wildman–Crippen MR) is 67.4 cm³/mol. The van der Waals surface area contributed by atoms with E-state index in [1.807, 2.05) is 6.92 Å². The Morgan fingerprint density at radius 1 is 1.44 bits per heavy atom. The molecule has 0 aromatic carbocycles. The van der Waals surface area contributed by atoms with Crippen molar-refractivity contribution in [1.29, 1.82) is 0 Å². The Hall–Kier alpha value is -1.26. The highest BCUT2D eigenvalue weighted by Crippen LogP contribution is 2.38. The fourth-order valence-electron chi connectivity index (χ4n) is 2.52. The number of amides is 1. The van der Waals surface area contributed by atoms with Gasteiger partial charge in [0.15, 0.2) is 0 Å². The molecule has 1 fully saturated rings. The summed E-state index contributed by atoms with van der Waals surface area (Å²) in [6, 6.07) is 0. The van der Waals surface area contributed by atoms with Crippen LogP contribution in [0.1, 0.15) is 53.4 Å². The second kappa shape index (κ2) is 5.16. The molecule has 1 rings (SSSR count). The van der Waals surface area contributed by atoms with Gasteiger partial charge in [0.05, 0.1) is 12.0 Å². The normalized spacial score (nSPS) is 27.9. The van der Waals surface area contributed by atoms with E-state index < -0.39 is 23.2 Å². The molecule has 18 heavy (non-hydrogen) atoms. The standard InChI is InChI=1S/C13H23NO4/c1-9-6-5-7-13(9,8-10(15)16)14-11(17)18-12(2,3)4/h9H,5-8H2,1-4H3,(H,14,17)(H,15,16). The number of carbonyl (C=O) groups is 2. The lowest BCUT2D eigenvalue weighted by molar-refractivity contribution is -0.139. The number of carboxylic acids is 1. The van der Waals surface area contributed by atoms with Crippen molar-refractivity contribution >= 4 is 12.1 Å². The predicted octanol–water partition coefficient (Wildman–Crippen LogP) is 2.54. The molecule has 5 heteroatoms. The van der Waals surface area contributed by atoms with E-state index in [1.54, 1.807) is 20.8 Å². The van der Waals surface area contributed by atoms with Crippen LogP contribution in [0, 0.1) is 5.92 Å². The summed E-state index contributed by atoms with van der Waals surface area (Å²) in [7, 11) is 0. The van der Waals surface area contributed by atoms with Crippen LogP contribution in [-0.4, -0.2) is 28.3 Å². The van der Waals surface area contributed by atoms with Gasteiger partial charge in [-0.3, -0.25) is 4.79 Å². The quantitative estimate of drug-likeness (QED) is 0.814. The van der Waals surface area contributed by atoms with Crippen molar-refractivity contribution in [3.8, 4) is 0 Å². The van der Waals surface area contributed by atoms with E-state index in [-0.39, 0.29) is 12.3 Å². The number of carboxylic acid groups (broad SMARTS) is 1. The maximum atomic E-state index is 11.8. The smallest absolute Gasteiger partial charge is 0.408 e. The van der Waals surface area contributed by atoms with Gasteiger partial charge >= 0.3 is 12.1 Å². The molecule has 0 spiro atoms. The Labute approximate surface area is 108 Å². The maximum absolute atomic E-state index is 11.8. The van der Waals surface area contributed by atoms with Crippen LogP contribution in [0.25, 0.3) is 0 Å². The number of hydrogen-bond donors (Lipinski definition) is 2. The van der Waals surface area contributed by atoms with Gasteiger partial charge in [0.1, 0.15) is 5.60 Å². The highest BCUT2D eigenvalue weighted by atomic mass is 16.6. The van der Waals surface area contributed by atoms with Crippen molar-refractivity contribution in [3.05, 3.63) is 0 Å². The molecule has 0 aromatic heterocycles. The van der Waals surface area contributed by atoms with E-state index >= 15 is 0 Å². The molecule has 0 radical (unpaired) electrons. The van der Waals surface area contributed by atoms with Crippen molar-refractivity contribution in [1.82, 2.24) is 5.32 Å². The van der Waals surface area contributed by atoms with Crippen LogP contribution in [0.15, 0.2) is 0 Å². The van der Waals surface area contributed by atoms with Crippen LogP contribution in [0.4, 0.5) is 4.79 Å². The first-order valence-electron chi connectivity index (χ1n) is 6.38. The molecule has 5 nitrogen and oxygen atoms in total. The number of ether oxygens (including phenoxy) is 1. The Morgan fingerprint density at radius 2 is 2.06 bits per heavy atom. The third-order valence-corrected chi connectivity index (χ3v) is 3.42. The minimum Gasteiger partial charge on any atom is -0.481 e. The number of carbonyl (C=O) groups excluding carboxylic acids is 1. The van der Waals surface area contributed by atoms with Crippen molar-refractivity contribution in [3.63, 3.8) is 0 Å². The molecule has 2 unspecified atom stereocenters. The lowest BCUT2D eigenvalue weighted by atomic mass is 9.85. The third-order valence-electron chi connectivity index (χ3n) is 3.42. The Balaban J connectivity index is 2.74. The summed E-state index contributed by atoms with van der Waals surface area (Å²) in [5.41, 5.74) is -1.23. The number of alkyl carbamates (subject to hydrolysis) is 1. The van der Waals surface area contributed by atoms with Gasteiger partial charge in [0, 0.05) is 0 Å². The van der Waals surface area contributed by atoms with Crippen molar-refractivity contribution in [2.75, 3.05) is 0 Å². The van der Waals surface area contributed by atoms with E-state index in [0.29, 0.717) is 6.42 Å². The van der Waals surface area contributed by atoms with Gasteiger partial charge in [-0.05, 0) is 39.5 Å². The molecule has 0 aliphatic heterocycles. The zero-order valence-corrected chi connectivity index (χ0v) is 11.6. The summed E-state index contributed by atoms with van der Waals surface area (Å²) in [5.74, 6) is -0.735. The topological polar surface area (TPSA) is 75.6 Å². The summed E-state index contributed by atoms with van der Waals surface area (Å²) in [6.07, 6.45) is 1.98. The molecular weight excluding hydrogens is 234 g/mol. The van der Waals surface area contributed by atoms with Crippen LogP contribution in [0.3, 0.4) is 0 Å². The highest BCUT2D eigenvalue weighted by Gasteiger charge is 2.44. The zero-order chi connectivity index (χ0) is 14.0. The van der Waals surface area contributed by atoms with E-state index in [9.17, 15) is 9.59 Å². The van der Waals surface area contributed by atoms with Gasteiger partial charge in [-0.15, -0.1) is 0 Å². The van der Waals surface area contributed by atoms with Crippen molar-refractivity contribution in [2.24, 2.45) is 5.92 Å². The largest absolute Gasteiger partial charge is 0.481 e. The first-order valence-corrected chi connectivity index (χ1v) is 6.38. The lowest BCUT2D eigenvalue weighted by Gasteiger charge is -2.34. The van der Waals surface area contributed by atoms with Gasteiger partial charge < -0.3 is 15.2 Å². The minimum atomic E-state index is -0.889. The molecule has 1 amide bonds. The molecule has 1 aliphatic carbocycles. The summed E-state index contributed by atoms with van der Waals surface area (Å²) >= 11 is 0. The molecule has 104 valence electrons. The fourth-order valence-corrected chi connectivity index (χ4v) is 2.52. The summed E-state index contributed by atoms with van der Waals surface area (Å²) in [4.78, 5) is 22.8. The van der Waals surface area contributed by atoms with Gasteiger partial charge in [0.25, 0.3) is 0 Å². The van der Waals surface area contributed by atoms with Gasteiger partial charge in [-0.25, -0.2) is 4.79 Å². The SMILES string of the molecule is CC1CCCC1(CC(=O)O)NC(=O)OC(C)(C)C. The average molecular weight is 257 g/mol. The molecule has 2 atom stereocenters. The number of nitrogens with one attached hydrogen (secondary N) is 1. The highest BCUT2D eigenvalue weighted by molar-refractivity contribution is 5.73. The van der Waals surface area contributed by atoms with E-state index in [1.165, 1.54) is 0 Å². The van der Waals surface area contributed by atoms with Crippen molar-refractivity contribution in [2.45, 2.75) is 64.5 Å². The van der Waals surface area contributed by atoms with E-state index in [0.717, 1.165) is 12.8 Å². The lowest BCUT2D eigenvalue weighted by Crippen LogP contribution is -2.53. The van der Waals surface area contributed by atoms with Crippen LogP contribution in [0.2, 0.25) is 0 Å². The Bertz CT molecular complexity index is 334.